The van der Waals surface area contributed by atoms with E-state index in [0.29, 0.717) is 22.6 Å². The molecule has 0 spiro atoms. The summed E-state index contributed by atoms with van der Waals surface area (Å²) in [4.78, 5) is 13.0. The van der Waals surface area contributed by atoms with Gasteiger partial charge in [0.05, 0.1) is 5.56 Å². The summed E-state index contributed by atoms with van der Waals surface area (Å²) in [5.74, 6) is 1.13. The number of para-hydroxylation sites is 1. The Morgan fingerprint density at radius 1 is 1.00 bits per heavy atom. The van der Waals surface area contributed by atoms with Crippen molar-refractivity contribution in [1.82, 2.24) is 10.6 Å². The molecule has 1 saturated heterocycles. The molecule has 1 fully saturated rings. The summed E-state index contributed by atoms with van der Waals surface area (Å²) in [6.45, 7) is 8.71. The number of hydrogen-bond acceptors (Lipinski definition) is 4. The fraction of sp³-hybridized carbons (Fsp3) is 0.333. The van der Waals surface area contributed by atoms with Gasteiger partial charge < -0.3 is 15.4 Å². The van der Waals surface area contributed by atoms with Crippen LogP contribution in [0.4, 0.5) is 0 Å². The van der Waals surface area contributed by atoms with Crippen LogP contribution in [-0.4, -0.2) is 23.0 Å². The predicted molar refractivity (Wildman–Crippen MR) is 127 cm³/mol. The van der Waals surface area contributed by atoms with E-state index in [1.165, 1.54) is 0 Å². The fourth-order valence-corrected chi connectivity index (χ4v) is 4.90. The van der Waals surface area contributed by atoms with Gasteiger partial charge in [0.1, 0.15) is 17.6 Å². The lowest BCUT2D eigenvalue weighted by Gasteiger charge is -2.46. The summed E-state index contributed by atoms with van der Waals surface area (Å²) < 4.78 is 5.92. The Balaban J connectivity index is 1.51. The summed E-state index contributed by atoms with van der Waals surface area (Å²) in [7, 11) is 0. The predicted octanol–water partition coefficient (Wildman–Crippen LogP) is 5.54. The number of piperidine rings is 1. The van der Waals surface area contributed by atoms with Gasteiger partial charge in [-0.2, -0.15) is 5.26 Å². The standard InChI is InChI=1S/C27H29N3O2/c1-26(2)15-22(16-27(3,4)30-26)29-25(31)20-10-9-19-14-23(12-11-18(19)13-20)32-24-8-6-5-7-21(24)17-28/h5-14,22,30H,15-16H2,1-4H3,(H,29,31). The zero-order valence-corrected chi connectivity index (χ0v) is 19.0. The minimum Gasteiger partial charge on any atom is -0.456 e. The first kappa shape index (κ1) is 21.9. The summed E-state index contributed by atoms with van der Waals surface area (Å²) in [6, 6.07) is 20.8. The van der Waals surface area contributed by atoms with Crippen LogP contribution in [-0.2, 0) is 0 Å². The van der Waals surface area contributed by atoms with Gasteiger partial charge in [-0.3, -0.25) is 4.79 Å². The molecule has 32 heavy (non-hydrogen) atoms. The average molecular weight is 428 g/mol. The molecular formula is C27H29N3O2. The van der Waals surface area contributed by atoms with E-state index in [4.69, 9.17) is 4.74 Å². The molecule has 5 heteroatoms. The second kappa shape index (κ2) is 8.29. The number of amides is 1. The zero-order valence-electron chi connectivity index (χ0n) is 19.0. The Morgan fingerprint density at radius 2 is 1.66 bits per heavy atom. The molecule has 3 aromatic carbocycles. The van der Waals surface area contributed by atoms with Crippen LogP contribution in [0, 0.1) is 11.3 Å². The Bertz CT molecular complexity index is 1190. The third kappa shape index (κ3) is 4.92. The summed E-state index contributed by atoms with van der Waals surface area (Å²) >= 11 is 0. The number of carbonyl (C=O) groups excluding carboxylic acids is 1. The third-order valence-electron chi connectivity index (χ3n) is 5.83. The molecule has 0 saturated carbocycles. The smallest absolute Gasteiger partial charge is 0.251 e. The zero-order chi connectivity index (χ0) is 22.9. The van der Waals surface area contributed by atoms with Gasteiger partial charge in [0, 0.05) is 22.7 Å². The van der Waals surface area contributed by atoms with Crippen molar-refractivity contribution in [3.63, 3.8) is 0 Å². The number of nitrogens with one attached hydrogen (secondary N) is 2. The first-order valence-corrected chi connectivity index (χ1v) is 11.0. The average Bonchev–Trinajstić information content (AvgIpc) is 2.71. The summed E-state index contributed by atoms with van der Waals surface area (Å²) in [5.41, 5.74) is 1.09. The molecule has 0 atom stereocenters. The number of benzene rings is 3. The van der Waals surface area contributed by atoms with Gasteiger partial charge in [-0.1, -0.05) is 24.3 Å². The number of nitrogens with zero attached hydrogens (tertiary/aromatic N) is 1. The Kier molecular flexibility index (Phi) is 5.66. The first-order valence-electron chi connectivity index (χ1n) is 11.0. The highest BCUT2D eigenvalue weighted by Crippen LogP contribution is 2.30. The van der Waals surface area contributed by atoms with E-state index in [2.05, 4.69) is 44.4 Å². The van der Waals surface area contributed by atoms with Crippen molar-refractivity contribution in [3.05, 3.63) is 71.8 Å². The van der Waals surface area contributed by atoms with E-state index in [0.717, 1.165) is 23.6 Å². The normalized spacial score (nSPS) is 17.5. The van der Waals surface area contributed by atoms with Crippen LogP contribution in [0.2, 0.25) is 0 Å². The first-order chi connectivity index (χ1) is 15.1. The minimum absolute atomic E-state index is 0.0242. The number of rotatable bonds is 4. The molecule has 3 aromatic rings. The molecule has 164 valence electrons. The van der Waals surface area contributed by atoms with Crippen LogP contribution in [0.25, 0.3) is 10.8 Å². The van der Waals surface area contributed by atoms with E-state index < -0.39 is 0 Å². The monoisotopic (exact) mass is 427 g/mol. The molecule has 1 aliphatic heterocycles. The SMILES string of the molecule is CC1(C)CC(NC(=O)c2ccc3cc(Oc4ccccc4C#N)ccc3c2)CC(C)(C)N1. The van der Waals surface area contributed by atoms with Gasteiger partial charge in [0.2, 0.25) is 0 Å². The molecule has 0 bridgehead atoms. The molecule has 5 nitrogen and oxygen atoms in total. The number of hydrogen-bond donors (Lipinski definition) is 2. The molecular weight excluding hydrogens is 398 g/mol. The number of nitriles is 1. The quantitative estimate of drug-likeness (QED) is 0.573. The highest BCUT2D eigenvalue weighted by Gasteiger charge is 2.38. The van der Waals surface area contributed by atoms with Crippen LogP contribution >= 0.6 is 0 Å². The Labute approximate surface area is 189 Å². The third-order valence-corrected chi connectivity index (χ3v) is 5.83. The van der Waals surface area contributed by atoms with Crippen LogP contribution in [0.3, 0.4) is 0 Å². The Hall–Kier alpha value is -3.36. The molecule has 1 aliphatic rings. The highest BCUT2D eigenvalue weighted by molar-refractivity contribution is 5.99. The van der Waals surface area contributed by atoms with Crippen molar-refractivity contribution in [2.75, 3.05) is 0 Å². The van der Waals surface area contributed by atoms with E-state index in [-0.39, 0.29) is 23.0 Å². The van der Waals surface area contributed by atoms with Crippen molar-refractivity contribution in [3.8, 4) is 17.6 Å². The second-order valence-corrected chi connectivity index (χ2v) is 9.91. The van der Waals surface area contributed by atoms with Crippen molar-refractivity contribution >= 4 is 16.7 Å². The molecule has 0 aromatic heterocycles. The maximum absolute atomic E-state index is 13.0. The van der Waals surface area contributed by atoms with E-state index in [1.54, 1.807) is 12.1 Å². The summed E-state index contributed by atoms with van der Waals surface area (Å²) in [6.07, 6.45) is 1.78. The van der Waals surface area contributed by atoms with Crippen LogP contribution in [0.1, 0.15) is 56.5 Å². The number of carbonyl (C=O) groups is 1. The topological polar surface area (TPSA) is 74.1 Å². The van der Waals surface area contributed by atoms with E-state index >= 15 is 0 Å². The molecule has 0 radical (unpaired) electrons. The van der Waals surface area contributed by atoms with Gasteiger partial charge in [-0.15, -0.1) is 0 Å². The molecule has 4 rings (SSSR count). The minimum atomic E-state index is -0.0475. The van der Waals surface area contributed by atoms with Crippen molar-refractivity contribution in [2.24, 2.45) is 0 Å². The van der Waals surface area contributed by atoms with Gasteiger partial charge in [-0.25, -0.2) is 0 Å². The number of ether oxygens (including phenoxy) is 1. The van der Waals surface area contributed by atoms with Gasteiger partial charge in [0.25, 0.3) is 5.91 Å². The lowest BCUT2D eigenvalue weighted by Crippen LogP contribution is -2.62. The maximum atomic E-state index is 13.0. The maximum Gasteiger partial charge on any atom is 0.251 e. The van der Waals surface area contributed by atoms with Gasteiger partial charge >= 0.3 is 0 Å². The van der Waals surface area contributed by atoms with E-state index in [9.17, 15) is 10.1 Å². The van der Waals surface area contributed by atoms with Gasteiger partial charge in [-0.05, 0) is 87.7 Å². The molecule has 0 aliphatic carbocycles. The molecule has 1 heterocycles. The van der Waals surface area contributed by atoms with Crippen LogP contribution in [0.5, 0.6) is 11.5 Å². The highest BCUT2D eigenvalue weighted by atomic mass is 16.5. The van der Waals surface area contributed by atoms with E-state index in [1.807, 2.05) is 48.5 Å². The van der Waals surface area contributed by atoms with Crippen molar-refractivity contribution in [2.45, 2.75) is 57.7 Å². The lowest BCUT2D eigenvalue weighted by atomic mass is 9.79. The molecule has 2 N–H and O–H groups in total. The van der Waals surface area contributed by atoms with Crippen molar-refractivity contribution in [1.29, 1.82) is 5.26 Å². The molecule has 0 unspecified atom stereocenters. The lowest BCUT2D eigenvalue weighted by molar-refractivity contribution is 0.0873. The van der Waals surface area contributed by atoms with Crippen molar-refractivity contribution < 1.29 is 9.53 Å². The van der Waals surface area contributed by atoms with Gasteiger partial charge in [0.15, 0.2) is 0 Å². The summed E-state index contributed by atoms with van der Waals surface area (Å²) in [5, 5.41) is 18.1. The fourth-order valence-electron chi connectivity index (χ4n) is 4.90. The largest absolute Gasteiger partial charge is 0.456 e. The Morgan fingerprint density at radius 3 is 2.38 bits per heavy atom. The second-order valence-electron chi connectivity index (χ2n) is 9.91. The van der Waals surface area contributed by atoms with Crippen LogP contribution < -0.4 is 15.4 Å². The molecule has 1 amide bonds. The number of fused-ring (bicyclic) bond motifs is 1. The van der Waals surface area contributed by atoms with Crippen LogP contribution in [0.15, 0.2) is 60.7 Å².